The Kier molecular flexibility index (Phi) is 5.01. The van der Waals surface area contributed by atoms with Crippen LogP contribution in [0.15, 0.2) is 54.9 Å². The number of para-hydroxylation sites is 1. The van der Waals surface area contributed by atoms with Crippen LogP contribution >= 0.6 is 0 Å². The van der Waals surface area contributed by atoms with E-state index in [2.05, 4.69) is 50.7 Å². The summed E-state index contributed by atoms with van der Waals surface area (Å²) in [7, 11) is 0. The van der Waals surface area contributed by atoms with Crippen LogP contribution in [0.1, 0.15) is 23.7 Å². The van der Waals surface area contributed by atoms with E-state index in [4.69, 9.17) is 0 Å². The molecule has 2 heterocycles. The fourth-order valence-electron chi connectivity index (χ4n) is 2.48. The van der Waals surface area contributed by atoms with Gasteiger partial charge in [-0.1, -0.05) is 25.1 Å². The monoisotopic (exact) mass is 319 g/mol. The Morgan fingerprint density at radius 3 is 2.58 bits per heavy atom. The first-order chi connectivity index (χ1) is 11.7. The Balaban J connectivity index is 1.76. The highest BCUT2D eigenvalue weighted by molar-refractivity contribution is 5.61. The molecule has 3 rings (SSSR count). The van der Waals surface area contributed by atoms with Crippen LogP contribution in [0.2, 0.25) is 0 Å². The largest absolute Gasteiger partial charge is 0.350 e. The van der Waals surface area contributed by atoms with Crippen molar-refractivity contribution in [1.82, 2.24) is 15.0 Å². The first kappa shape index (κ1) is 15.9. The quantitative estimate of drug-likeness (QED) is 0.716. The summed E-state index contributed by atoms with van der Waals surface area (Å²) in [5.74, 6) is 1.41. The van der Waals surface area contributed by atoms with Gasteiger partial charge in [-0.05, 0) is 42.7 Å². The van der Waals surface area contributed by atoms with Gasteiger partial charge in [0.25, 0.3) is 0 Å². The normalized spacial score (nSPS) is 10.4. The highest BCUT2D eigenvalue weighted by Gasteiger charge is 2.05. The summed E-state index contributed by atoms with van der Waals surface area (Å²) in [6.07, 6.45) is 4.53. The average Bonchev–Trinajstić information content (AvgIpc) is 2.61. The van der Waals surface area contributed by atoms with Crippen LogP contribution in [0, 0.1) is 6.92 Å². The zero-order valence-corrected chi connectivity index (χ0v) is 14.0. The second-order valence-electron chi connectivity index (χ2n) is 5.56. The van der Waals surface area contributed by atoms with Crippen molar-refractivity contribution in [3.63, 3.8) is 0 Å². The van der Waals surface area contributed by atoms with Gasteiger partial charge in [0.1, 0.15) is 5.82 Å². The lowest BCUT2D eigenvalue weighted by atomic mass is 10.1. The minimum Gasteiger partial charge on any atom is -0.350 e. The third-order valence-corrected chi connectivity index (χ3v) is 3.72. The number of benzene rings is 1. The van der Waals surface area contributed by atoms with Crippen LogP contribution in [0.4, 0.5) is 17.5 Å². The molecule has 0 aliphatic carbocycles. The molecule has 122 valence electrons. The summed E-state index contributed by atoms with van der Waals surface area (Å²) in [6, 6.07) is 14.2. The summed E-state index contributed by atoms with van der Waals surface area (Å²) < 4.78 is 0. The van der Waals surface area contributed by atoms with E-state index in [1.54, 1.807) is 12.4 Å². The Morgan fingerprint density at radius 1 is 1.00 bits per heavy atom. The molecule has 0 aliphatic rings. The predicted octanol–water partition coefficient (Wildman–Crippen LogP) is 4.10. The van der Waals surface area contributed by atoms with E-state index in [0.717, 1.165) is 29.2 Å². The highest BCUT2D eigenvalue weighted by Crippen LogP contribution is 2.21. The van der Waals surface area contributed by atoms with Gasteiger partial charge in [-0.3, -0.25) is 4.98 Å². The molecule has 0 saturated carbocycles. The number of nitrogens with zero attached hydrogens (tertiary/aromatic N) is 3. The minimum absolute atomic E-state index is 0.614. The van der Waals surface area contributed by atoms with E-state index in [1.165, 1.54) is 5.56 Å². The van der Waals surface area contributed by atoms with Crippen molar-refractivity contribution in [2.75, 3.05) is 10.6 Å². The van der Waals surface area contributed by atoms with Crippen molar-refractivity contribution >= 4 is 17.5 Å². The van der Waals surface area contributed by atoms with Crippen LogP contribution < -0.4 is 10.6 Å². The molecule has 0 radical (unpaired) electrons. The molecule has 0 bridgehead atoms. The summed E-state index contributed by atoms with van der Waals surface area (Å²) in [5.41, 5.74) is 4.40. The number of anilines is 3. The molecule has 2 N–H and O–H groups in total. The number of aryl methyl sites for hydroxylation is 2. The Bertz CT molecular complexity index is 802. The molecule has 0 amide bonds. The zero-order valence-electron chi connectivity index (χ0n) is 14.0. The minimum atomic E-state index is 0.614. The lowest BCUT2D eigenvalue weighted by Gasteiger charge is -2.12. The summed E-state index contributed by atoms with van der Waals surface area (Å²) in [4.78, 5) is 13.0. The second kappa shape index (κ2) is 7.55. The van der Waals surface area contributed by atoms with Crippen molar-refractivity contribution in [3.8, 4) is 0 Å². The van der Waals surface area contributed by atoms with Crippen molar-refractivity contribution in [2.45, 2.75) is 26.8 Å². The molecule has 0 aliphatic heterocycles. The molecule has 5 heteroatoms. The standard InChI is InChI=1S/C19H21N5/c1-3-16-6-4-5-7-17(16)23-18-12-14(2)22-19(24-18)21-13-15-8-10-20-11-9-15/h4-12H,3,13H2,1-2H3,(H2,21,22,23,24). The van der Waals surface area contributed by atoms with Gasteiger partial charge in [0.05, 0.1) is 0 Å². The number of rotatable bonds is 6. The van der Waals surface area contributed by atoms with Gasteiger partial charge in [0.2, 0.25) is 5.95 Å². The third kappa shape index (κ3) is 4.07. The molecule has 0 saturated heterocycles. The number of hydrogen-bond acceptors (Lipinski definition) is 5. The van der Waals surface area contributed by atoms with Crippen LogP contribution in [0.3, 0.4) is 0 Å². The lowest BCUT2D eigenvalue weighted by molar-refractivity contribution is 1.03. The topological polar surface area (TPSA) is 62.7 Å². The van der Waals surface area contributed by atoms with Gasteiger partial charge in [-0.25, -0.2) is 4.98 Å². The van der Waals surface area contributed by atoms with E-state index >= 15 is 0 Å². The Morgan fingerprint density at radius 2 is 1.79 bits per heavy atom. The predicted molar refractivity (Wildman–Crippen MR) is 97.4 cm³/mol. The first-order valence-electron chi connectivity index (χ1n) is 8.08. The molecule has 0 spiro atoms. The van der Waals surface area contributed by atoms with Crippen LogP contribution in [0.25, 0.3) is 0 Å². The maximum Gasteiger partial charge on any atom is 0.225 e. The van der Waals surface area contributed by atoms with Crippen LogP contribution in [0.5, 0.6) is 0 Å². The van der Waals surface area contributed by atoms with E-state index in [9.17, 15) is 0 Å². The number of hydrogen-bond donors (Lipinski definition) is 2. The molecule has 3 aromatic rings. The van der Waals surface area contributed by atoms with Gasteiger partial charge < -0.3 is 10.6 Å². The van der Waals surface area contributed by atoms with Crippen molar-refractivity contribution in [3.05, 3.63) is 71.7 Å². The second-order valence-corrected chi connectivity index (χ2v) is 5.56. The average molecular weight is 319 g/mol. The van der Waals surface area contributed by atoms with Gasteiger partial charge in [-0.2, -0.15) is 4.98 Å². The van der Waals surface area contributed by atoms with Crippen molar-refractivity contribution in [1.29, 1.82) is 0 Å². The highest BCUT2D eigenvalue weighted by atomic mass is 15.1. The van der Waals surface area contributed by atoms with Crippen molar-refractivity contribution < 1.29 is 0 Å². The van der Waals surface area contributed by atoms with Gasteiger partial charge >= 0.3 is 0 Å². The van der Waals surface area contributed by atoms with Gasteiger partial charge in [0, 0.05) is 36.4 Å². The van der Waals surface area contributed by atoms with Crippen LogP contribution in [-0.2, 0) is 13.0 Å². The summed E-state index contributed by atoms with van der Waals surface area (Å²) >= 11 is 0. The zero-order chi connectivity index (χ0) is 16.8. The van der Waals surface area contributed by atoms with Crippen LogP contribution in [-0.4, -0.2) is 15.0 Å². The maximum atomic E-state index is 4.57. The van der Waals surface area contributed by atoms with E-state index in [0.29, 0.717) is 12.5 Å². The number of pyridine rings is 1. The van der Waals surface area contributed by atoms with E-state index in [1.807, 2.05) is 31.2 Å². The summed E-state index contributed by atoms with van der Waals surface area (Å²) in [6.45, 7) is 4.78. The fourth-order valence-corrected chi connectivity index (χ4v) is 2.48. The number of aromatic nitrogens is 3. The molecule has 2 aromatic heterocycles. The third-order valence-electron chi connectivity index (χ3n) is 3.72. The fraction of sp³-hybridized carbons (Fsp3) is 0.211. The smallest absolute Gasteiger partial charge is 0.225 e. The molecule has 0 unspecified atom stereocenters. The van der Waals surface area contributed by atoms with Gasteiger partial charge in [-0.15, -0.1) is 0 Å². The van der Waals surface area contributed by atoms with E-state index < -0.39 is 0 Å². The molecule has 0 atom stereocenters. The molecule has 0 fully saturated rings. The SMILES string of the molecule is CCc1ccccc1Nc1cc(C)nc(NCc2ccncc2)n1. The summed E-state index contributed by atoms with van der Waals surface area (Å²) in [5, 5.41) is 6.67. The molecular formula is C19H21N5. The van der Waals surface area contributed by atoms with Crippen molar-refractivity contribution in [2.24, 2.45) is 0 Å². The van der Waals surface area contributed by atoms with Gasteiger partial charge in [0.15, 0.2) is 0 Å². The Hall–Kier alpha value is -2.95. The first-order valence-corrected chi connectivity index (χ1v) is 8.08. The molecule has 5 nitrogen and oxygen atoms in total. The molecular weight excluding hydrogens is 298 g/mol. The van der Waals surface area contributed by atoms with E-state index in [-0.39, 0.29) is 0 Å². The maximum absolute atomic E-state index is 4.57. The lowest BCUT2D eigenvalue weighted by Crippen LogP contribution is -2.06. The Labute approximate surface area is 142 Å². The number of nitrogens with one attached hydrogen (secondary N) is 2. The molecule has 24 heavy (non-hydrogen) atoms. The molecule has 1 aromatic carbocycles.